The van der Waals surface area contributed by atoms with Crippen LogP contribution in [0.5, 0.6) is 5.75 Å². The molecule has 0 aliphatic carbocycles. The van der Waals surface area contributed by atoms with E-state index in [1.165, 1.54) is 22.3 Å². The Morgan fingerprint density at radius 1 is 0.682 bits per heavy atom. The zero-order valence-corrected chi connectivity index (χ0v) is 12.8. The van der Waals surface area contributed by atoms with Crippen molar-refractivity contribution < 1.29 is 5.11 Å². The summed E-state index contributed by atoms with van der Waals surface area (Å²) in [5.74, 6) is 0.378. The van der Waals surface area contributed by atoms with Gasteiger partial charge in [-0.2, -0.15) is 0 Å². The maximum Gasteiger partial charge on any atom is 0.118 e. The minimum Gasteiger partial charge on any atom is -0.508 e. The average molecular weight is 288 g/mol. The predicted octanol–water partition coefficient (Wildman–Crippen LogP) is 4.88. The van der Waals surface area contributed by atoms with E-state index in [1.807, 2.05) is 31.2 Å². The van der Waals surface area contributed by atoms with Crippen molar-refractivity contribution in [2.45, 2.75) is 19.8 Å². The van der Waals surface area contributed by atoms with Crippen LogP contribution in [0.4, 0.5) is 0 Å². The van der Waals surface area contributed by atoms with E-state index >= 15 is 0 Å². The van der Waals surface area contributed by atoms with E-state index in [1.54, 1.807) is 0 Å². The Labute approximate surface area is 131 Å². The zero-order valence-electron chi connectivity index (χ0n) is 12.8. The Morgan fingerprint density at radius 3 is 1.82 bits per heavy atom. The van der Waals surface area contributed by atoms with Gasteiger partial charge in [-0.25, -0.2) is 0 Å². The molecule has 3 aromatic rings. The molecule has 0 fully saturated rings. The van der Waals surface area contributed by atoms with E-state index in [-0.39, 0.29) is 0 Å². The number of benzene rings is 3. The maximum absolute atomic E-state index is 10.1. The molecule has 110 valence electrons. The van der Waals surface area contributed by atoms with Crippen LogP contribution in [0.1, 0.15) is 27.8 Å². The van der Waals surface area contributed by atoms with E-state index < -0.39 is 0 Å². The third-order valence-electron chi connectivity index (χ3n) is 4.13. The third-order valence-corrected chi connectivity index (χ3v) is 4.13. The molecule has 0 atom stereocenters. The number of phenolic OH excluding ortho intramolecular Hbond substituents is 1. The van der Waals surface area contributed by atoms with Gasteiger partial charge in [-0.1, -0.05) is 66.7 Å². The number of phenols is 1. The largest absolute Gasteiger partial charge is 0.508 e. The summed E-state index contributed by atoms with van der Waals surface area (Å²) in [5, 5.41) is 10.1. The molecular weight excluding hydrogens is 268 g/mol. The molecule has 0 heterocycles. The summed E-state index contributed by atoms with van der Waals surface area (Å²) in [4.78, 5) is 0. The Morgan fingerprint density at radius 2 is 1.23 bits per heavy atom. The van der Waals surface area contributed by atoms with Crippen LogP contribution in [-0.4, -0.2) is 5.11 Å². The lowest BCUT2D eigenvalue weighted by atomic mass is 9.91. The van der Waals surface area contributed by atoms with Crippen LogP contribution in [0.25, 0.3) is 0 Å². The van der Waals surface area contributed by atoms with Crippen molar-refractivity contribution in [3.05, 3.63) is 101 Å². The number of rotatable bonds is 4. The van der Waals surface area contributed by atoms with Gasteiger partial charge in [-0.15, -0.1) is 0 Å². The fraction of sp³-hybridized carbons (Fsp3) is 0.143. The first-order chi connectivity index (χ1) is 10.7. The first kappa shape index (κ1) is 14.4. The second kappa shape index (κ2) is 6.48. The molecule has 0 amide bonds. The monoisotopic (exact) mass is 288 g/mol. The Hall–Kier alpha value is -2.54. The highest BCUT2D eigenvalue weighted by molar-refractivity contribution is 5.47. The van der Waals surface area contributed by atoms with Gasteiger partial charge >= 0.3 is 0 Å². The van der Waals surface area contributed by atoms with Crippen LogP contribution in [-0.2, 0) is 12.8 Å². The molecule has 3 rings (SSSR count). The second-order valence-electron chi connectivity index (χ2n) is 5.67. The molecule has 1 N–H and O–H groups in total. The van der Waals surface area contributed by atoms with Crippen molar-refractivity contribution in [1.82, 2.24) is 0 Å². The normalized spacial score (nSPS) is 10.6. The van der Waals surface area contributed by atoms with Gasteiger partial charge in [0.1, 0.15) is 5.75 Å². The van der Waals surface area contributed by atoms with Gasteiger partial charge in [0.25, 0.3) is 0 Å². The van der Waals surface area contributed by atoms with E-state index in [9.17, 15) is 5.11 Å². The van der Waals surface area contributed by atoms with E-state index in [0.717, 1.165) is 18.4 Å². The number of hydrogen-bond donors (Lipinski definition) is 1. The summed E-state index contributed by atoms with van der Waals surface area (Å²) >= 11 is 0. The summed E-state index contributed by atoms with van der Waals surface area (Å²) in [5.41, 5.74) is 6.06. The first-order valence-electron chi connectivity index (χ1n) is 7.62. The van der Waals surface area contributed by atoms with Crippen molar-refractivity contribution in [2.24, 2.45) is 0 Å². The van der Waals surface area contributed by atoms with Crippen LogP contribution in [0.15, 0.2) is 72.8 Å². The van der Waals surface area contributed by atoms with Crippen molar-refractivity contribution in [1.29, 1.82) is 0 Å². The quantitative estimate of drug-likeness (QED) is 0.725. The van der Waals surface area contributed by atoms with Crippen LogP contribution >= 0.6 is 0 Å². The topological polar surface area (TPSA) is 20.2 Å². The summed E-state index contributed by atoms with van der Waals surface area (Å²) in [6.45, 7) is 2.00. The highest BCUT2D eigenvalue weighted by Gasteiger charge is 2.11. The molecule has 0 radical (unpaired) electrons. The smallest absolute Gasteiger partial charge is 0.118 e. The molecule has 0 spiro atoms. The molecule has 0 aliphatic rings. The van der Waals surface area contributed by atoms with Crippen LogP contribution in [0, 0.1) is 6.92 Å². The molecule has 0 bridgehead atoms. The molecule has 0 aromatic heterocycles. The molecule has 0 unspecified atom stereocenters. The van der Waals surface area contributed by atoms with Crippen LogP contribution < -0.4 is 0 Å². The number of hydrogen-bond acceptors (Lipinski definition) is 1. The summed E-state index contributed by atoms with van der Waals surface area (Å²) < 4.78 is 0. The molecular formula is C21H20O. The molecule has 1 nitrogen and oxygen atoms in total. The molecule has 1 heteroatoms. The van der Waals surface area contributed by atoms with Crippen LogP contribution in [0.2, 0.25) is 0 Å². The van der Waals surface area contributed by atoms with Gasteiger partial charge in [0.2, 0.25) is 0 Å². The molecule has 0 aliphatic heterocycles. The highest BCUT2D eigenvalue weighted by atomic mass is 16.3. The van der Waals surface area contributed by atoms with Gasteiger partial charge in [0, 0.05) is 0 Å². The molecule has 0 saturated carbocycles. The van der Waals surface area contributed by atoms with Gasteiger partial charge in [-0.05, 0) is 53.6 Å². The van der Waals surface area contributed by atoms with Gasteiger partial charge < -0.3 is 5.11 Å². The summed E-state index contributed by atoms with van der Waals surface area (Å²) in [6, 6.07) is 24.7. The second-order valence-corrected chi connectivity index (χ2v) is 5.67. The van der Waals surface area contributed by atoms with Gasteiger partial charge in [0.15, 0.2) is 0 Å². The molecule has 0 saturated heterocycles. The minimum absolute atomic E-state index is 0.378. The lowest BCUT2D eigenvalue weighted by Crippen LogP contribution is -2.00. The van der Waals surface area contributed by atoms with Crippen molar-refractivity contribution in [2.75, 3.05) is 0 Å². The standard InChI is InChI=1S/C21H20O/c1-16-20(15-18-10-6-3-7-11-18)19(12-13-21(16)22)14-17-8-4-2-5-9-17/h2-13,22H,14-15H2,1H3. The highest BCUT2D eigenvalue weighted by Crippen LogP contribution is 2.27. The fourth-order valence-corrected chi connectivity index (χ4v) is 2.83. The Balaban J connectivity index is 1.97. The van der Waals surface area contributed by atoms with Gasteiger partial charge in [0.05, 0.1) is 0 Å². The average Bonchev–Trinajstić information content (AvgIpc) is 2.56. The third kappa shape index (κ3) is 3.20. The lowest BCUT2D eigenvalue weighted by molar-refractivity contribution is 0.470. The number of aromatic hydroxyl groups is 1. The van der Waals surface area contributed by atoms with E-state index in [0.29, 0.717) is 5.75 Å². The van der Waals surface area contributed by atoms with Gasteiger partial charge in [-0.3, -0.25) is 0 Å². The Bertz CT molecular complexity index is 746. The predicted molar refractivity (Wildman–Crippen MR) is 91.3 cm³/mol. The molecule has 3 aromatic carbocycles. The van der Waals surface area contributed by atoms with Crippen molar-refractivity contribution in [3.63, 3.8) is 0 Å². The summed E-state index contributed by atoms with van der Waals surface area (Å²) in [7, 11) is 0. The van der Waals surface area contributed by atoms with Crippen molar-refractivity contribution >= 4 is 0 Å². The van der Waals surface area contributed by atoms with E-state index in [4.69, 9.17) is 0 Å². The molecule has 22 heavy (non-hydrogen) atoms. The lowest BCUT2D eigenvalue weighted by Gasteiger charge is -2.14. The van der Waals surface area contributed by atoms with E-state index in [2.05, 4.69) is 48.5 Å². The first-order valence-corrected chi connectivity index (χ1v) is 7.62. The summed E-state index contributed by atoms with van der Waals surface area (Å²) in [6.07, 6.45) is 1.74. The fourth-order valence-electron chi connectivity index (χ4n) is 2.83. The van der Waals surface area contributed by atoms with Crippen LogP contribution in [0.3, 0.4) is 0 Å². The minimum atomic E-state index is 0.378. The zero-order chi connectivity index (χ0) is 15.4. The van der Waals surface area contributed by atoms with Crippen molar-refractivity contribution in [3.8, 4) is 5.75 Å². The maximum atomic E-state index is 10.1. The Kier molecular flexibility index (Phi) is 4.24. The SMILES string of the molecule is Cc1c(O)ccc(Cc2ccccc2)c1Cc1ccccc1.